The van der Waals surface area contributed by atoms with Gasteiger partial charge in [0.25, 0.3) is 5.91 Å². The van der Waals surface area contributed by atoms with Gasteiger partial charge in [-0.3, -0.25) is 4.79 Å². The van der Waals surface area contributed by atoms with E-state index in [1.807, 2.05) is 17.9 Å². The molecule has 5 nitrogen and oxygen atoms in total. The molecule has 1 rings (SSSR count). The Morgan fingerprint density at radius 3 is 2.53 bits per heavy atom. The zero-order valence-corrected chi connectivity index (χ0v) is 8.82. The number of nitrogens with zero attached hydrogens (tertiary/aromatic N) is 2. The van der Waals surface area contributed by atoms with Crippen LogP contribution in [0, 0.1) is 11.3 Å². The van der Waals surface area contributed by atoms with Gasteiger partial charge in [0.05, 0.1) is 13.2 Å². The third-order valence-corrected chi connectivity index (χ3v) is 2.37. The topological polar surface area (TPSA) is 79.3 Å². The quantitative estimate of drug-likeness (QED) is 0.523. The van der Waals surface area contributed by atoms with Crippen LogP contribution in [-0.4, -0.2) is 37.1 Å². The maximum atomic E-state index is 11.1. The molecular weight excluding hydrogens is 194 g/mol. The lowest BCUT2D eigenvalue weighted by molar-refractivity contribution is -0.114. The van der Waals surface area contributed by atoms with Crippen LogP contribution in [0.25, 0.3) is 0 Å². The van der Waals surface area contributed by atoms with E-state index >= 15 is 0 Å². The van der Waals surface area contributed by atoms with Crippen molar-refractivity contribution in [1.29, 1.82) is 5.26 Å². The average Bonchev–Trinajstić information content (AvgIpc) is 2.26. The van der Waals surface area contributed by atoms with Gasteiger partial charge in [-0.05, 0) is 6.42 Å². The minimum absolute atomic E-state index is 0.0689. The highest BCUT2D eigenvalue weighted by Gasteiger charge is 2.19. The van der Waals surface area contributed by atoms with E-state index < -0.39 is 5.91 Å². The van der Waals surface area contributed by atoms with Crippen molar-refractivity contribution in [3.05, 3.63) is 11.3 Å². The molecule has 0 atom stereocenters. The maximum absolute atomic E-state index is 11.1. The molecule has 0 aromatic carbocycles. The molecule has 0 spiro atoms. The highest BCUT2D eigenvalue weighted by molar-refractivity contribution is 5.96. The molecule has 2 N–H and O–H groups in total. The van der Waals surface area contributed by atoms with Gasteiger partial charge in [-0.25, -0.2) is 0 Å². The summed E-state index contributed by atoms with van der Waals surface area (Å²) in [6.07, 6.45) is 0.631. The van der Waals surface area contributed by atoms with Crippen LogP contribution in [-0.2, 0) is 9.53 Å². The van der Waals surface area contributed by atoms with E-state index in [4.69, 9.17) is 15.7 Å². The molecule has 1 fully saturated rings. The normalized spacial score (nSPS) is 18.0. The van der Waals surface area contributed by atoms with Crippen LogP contribution in [0.1, 0.15) is 13.3 Å². The summed E-state index contributed by atoms with van der Waals surface area (Å²) in [6.45, 7) is 4.58. The predicted molar refractivity (Wildman–Crippen MR) is 54.5 cm³/mol. The lowest BCUT2D eigenvalue weighted by Crippen LogP contribution is -2.37. The highest BCUT2D eigenvalue weighted by Crippen LogP contribution is 2.15. The molecule has 0 aromatic rings. The molecular formula is C10H15N3O2. The molecule has 5 heteroatoms. The van der Waals surface area contributed by atoms with Gasteiger partial charge in [-0.2, -0.15) is 5.26 Å². The fourth-order valence-corrected chi connectivity index (χ4v) is 1.65. The van der Waals surface area contributed by atoms with E-state index in [1.54, 1.807) is 0 Å². The number of carbonyl (C=O) groups excluding carboxylic acids is 1. The summed E-state index contributed by atoms with van der Waals surface area (Å²) in [4.78, 5) is 13.1. The van der Waals surface area contributed by atoms with Crippen molar-refractivity contribution in [3.8, 4) is 6.07 Å². The second-order valence-electron chi connectivity index (χ2n) is 3.25. The molecule has 0 bridgehead atoms. The van der Waals surface area contributed by atoms with Crippen molar-refractivity contribution in [2.45, 2.75) is 13.3 Å². The van der Waals surface area contributed by atoms with Crippen LogP contribution in [0.2, 0.25) is 0 Å². The first kappa shape index (κ1) is 11.5. The summed E-state index contributed by atoms with van der Waals surface area (Å²) in [5, 5.41) is 8.86. The fraction of sp³-hybridized carbons (Fsp3) is 0.600. The smallest absolute Gasteiger partial charge is 0.261 e. The van der Waals surface area contributed by atoms with E-state index in [9.17, 15) is 4.79 Å². The number of morpholine rings is 1. The van der Waals surface area contributed by atoms with Gasteiger partial charge in [0.1, 0.15) is 11.6 Å². The number of carbonyl (C=O) groups is 1. The van der Waals surface area contributed by atoms with E-state index in [2.05, 4.69) is 0 Å². The number of amides is 1. The van der Waals surface area contributed by atoms with E-state index in [1.165, 1.54) is 0 Å². The summed E-state index contributed by atoms with van der Waals surface area (Å²) >= 11 is 0. The molecule has 0 aliphatic carbocycles. The standard InChI is InChI=1S/C10H15N3O2/c1-2-9(8(7-11)10(12)14)13-3-5-15-6-4-13/h2-6H2,1H3,(H2,12,14). The van der Waals surface area contributed by atoms with Crippen molar-refractivity contribution >= 4 is 5.91 Å². The molecule has 1 heterocycles. The minimum atomic E-state index is -0.652. The third kappa shape index (κ3) is 2.70. The van der Waals surface area contributed by atoms with Crippen LogP contribution < -0.4 is 5.73 Å². The molecule has 0 unspecified atom stereocenters. The molecule has 1 aliphatic heterocycles. The number of hydrogen-bond donors (Lipinski definition) is 1. The zero-order chi connectivity index (χ0) is 11.3. The average molecular weight is 209 g/mol. The second-order valence-corrected chi connectivity index (χ2v) is 3.25. The Bertz CT molecular complexity index is 311. The van der Waals surface area contributed by atoms with Crippen LogP contribution in [0.15, 0.2) is 11.3 Å². The molecule has 1 aliphatic rings. The number of primary amides is 1. The Morgan fingerprint density at radius 2 is 2.13 bits per heavy atom. The van der Waals surface area contributed by atoms with E-state index in [0.717, 1.165) is 5.70 Å². The van der Waals surface area contributed by atoms with Gasteiger partial charge in [0.15, 0.2) is 0 Å². The monoisotopic (exact) mass is 209 g/mol. The van der Waals surface area contributed by atoms with E-state index in [0.29, 0.717) is 32.7 Å². The number of nitrogens with two attached hydrogens (primary N) is 1. The molecule has 0 aromatic heterocycles. The number of allylic oxidation sites excluding steroid dienone is 1. The van der Waals surface area contributed by atoms with Crippen molar-refractivity contribution in [2.24, 2.45) is 5.73 Å². The van der Waals surface area contributed by atoms with Crippen LogP contribution in [0.5, 0.6) is 0 Å². The number of hydrogen-bond acceptors (Lipinski definition) is 4. The van der Waals surface area contributed by atoms with Crippen molar-refractivity contribution in [1.82, 2.24) is 4.90 Å². The van der Waals surface area contributed by atoms with Gasteiger partial charge >= 0.3 is 0 Å². The largest absolute Gasteiger partial charge is 0.378 e. The number of rotatable bonds is 3. The number of ether oxygens (including phenoxy) is 1. The van der Waals surface area contributed by atoms with Gasteiger partial charge in [0.2, 0.25) is 0 Å². The van der Waals surface area contributed by atoms with Crippen molar-refractivity contribution in [3.63, 3.8) is 0 Å². The Morgan fingerprint density at radius 1 is 1.53 bits per heavy atom. The van der Waals surface area contributed by atoms with Gasteiger partial charge in [-0.15, -0.1) is 0 Å². The number of nitriles is 1. The highest BCUT2D eigenvalue weighted by atomic mass is 16.5. The van der Waals surface area contributed by atoms with Crippen molar-refractivity contribution in [2.75, 3.05) is 26.3 Å². The summed E-state index contributed by atoms with van der Waals surface area (Å²) in [5.41, 5.74) is 5.95. The molecule has 82 valence electrons. The third-order valence-electron chi connectivity index (χ3n) is 2.37. The minimum Gasteiger partial charge on any atom is -0.378 e. The lowest BCUT2D eigenvalue weighted by Gasteiger charge is -2.31. The Balaban J connectivity index is 2.93. The second kappa shape index (κ2) is 5.37. The van der Waals surface area contributed by atoms with E-state index in [-0.39, 0.29) is 5.57 Å². The SMILES string of the molecule is CCC(=C(C#N)C(N)=O)N1CCOCC1. The fourth-order valence-electron chi connectivity index (χ4n) is 1.65. The van der Waals surface area contributed by atoms with Crippen LogP contribution in [0.4, 0.5) is 0 Å². The first-order valence-electron chi connectivity index (χ1n) is 4.96. The first-order valence-corrected chi connectivity index (χ1v) is 4.96. The molecule has 1 saturated heterocycles. The maximum Gasteiger partial charge on any atom is 0.261 e. The van der Waals surface area contributed by atoms with Gasteiger partial charge in [0, 0.05) is 18.8 Å². The Hall–Kier alpha value is -1.54. The van der Waals surface area contributed by atoms with Crippen molar-refractivity contribution < 1.29 is 9.53 Å². The van der Waals surface area contributed by atoms with Crippen LogP contribution in [0.3, 0.4) is 0 Å². The summed E-state index contributed by atoms with van der Waals surface area (Å²) in [7, 11) is 0. The van der Waals surface area contributed by atoms with Crippen LogP contribution >= 0.6 is 0 Å². The summed E-state index contributed by atoms with van der Waals surface area (Å²) in [6, 6.07) is 1.87. The Kier molecular flexibility index (Phi) is 4.13. The van der Waals surface area contributed by atoms with Gasteiger partial charge in [-0.1, -0.05) is 6.92 Å². The predicted octanol–water partition coefficient (Wildman–Crippen LogP) is -0.00842. The Labute approximate surface area is 89.1 Å². The summed E-state index contributed by atoms with van der Waals surface area (Å²) < 4.78 is 5.20. The molecule has 0 radical (unpaired) electrons. The summed E-state index contributed by atoms with van der Waals surface area (Å²) in [5.74, 6) is -0.652. The van der Waals surface area contributed by atoms with Gasteiger partial charge < -0.3 is 15.4 Å². The zero-order valence-electron chi connectivity index (χ0n) is 8.82. The lowest BCUT2D eigenvalue weighted by atomic mass is 10.1. The molecule has 0 saturated carbocycles. The molecule has 1 amide bonds. The first-order chi connectivity index (χ1) is 7.20. The molecule has 15 heavy (non-hydrogen) atoms.